The first kappa shape index (κ1) is 24.5. The number of ketones is 1. The predicted octanol–water partition coefficient (Wildman–Crippen LogP) is 5.96. The number of unbranched alkanes of at least 4 members (excludes halogenated alkanes) is 8. The van der Waals surface area contributed by atoms with E-state index in [0.717, 1.165) is 18.4 Å². The van der Waals surface area contributed by atoms with Crippen molar-refractivity contribution < 1.29 is 19.7 Å². The van der Waals surface area contributed by atoms with E-state index in [2.05, 4.69) is 6.92 Å². The van der Waals surface area contributed by atoms with Crippen molar-refractivity contribution in [3.63, 3.8) is 0 Å². The lowest BCUT2D eigenvalue weighted by Gasteiger charge is -2.22. The number of aliphatic hydroxyl groups is 1. The molecule has 1 unspecified atom stereocenters. The average molecular weight is 393 g/mol. The Kier molecular flexibility index (Phi) is 11.9. The number of aromatic hydroxyl groups is 1. The quantitative estimate of drug-likeness (QED) is 0.340. The summed E-state index contributed by atoms with van der Waals surface area (Å²) in [5.74, 6) is 0.594. The topological polar surface area (TPSA) is 66.8 Å². The zero-order valence-corrected chi connectivity index (χ0v) is 18.1. The Hall–Kier alpha value is -1.55. The van der Waals surface area contributed by atoms with Crippen LogP contribution in [-0.4, -0.2) is 28.7 Å². The van der Waals surface area contributed by atoms with Gasteiger partial charge in [-0.1, -0.05) is 70.8 Å². The maximum absolute atomic E-state index is 12.3. The first-order valence-electron chi connectivity index (χ1n) is 11.0. The SMILES string of the molecule is CCCCCCCCCCCC(C)(O)CC(=O)CCc1ccc(O)c(OC)c1. The monoisotopic (exact) mass is 392 g/mol. The van der Waals surface area contributed by atoms with Crippen molar-refractivity contribution in [2.24, 2.45) is 0 Å². The number of methoxy groups -OCH3 is 1. The van der Waals surface area contributed by atoms with Gasteiger partial charge in [-0.2, -0.15) is 0 Å². The number of Topliss-reactive ketones (excluding diaryl/α,β-unsaturated/α-hetero) is 1. The van der Waals surface area contributed by atoms with Crippen LogP contribution in [-0.2, 0) is 11.2 Å². The summed E-state index contributed by atoms with van der Waals surface area (Å²) in [6, 6.07) is 5.13. The molecule has 0 fully saturated rings. The Morgan fingerprint density at radius 2 is 1.64 bits per heavy atom. The van der Waals surface area contributed by atoms with Gasteiger partial charge in [-0.25, -0.2) is 0 Å². The molecule has 0 amide bonds. The molecule has 2 N–H and O–H groups in total. The second kappa shape index (κ2) is 13.6. The largest absolute Gasteiger partial charge is 0.504 e. The van der Waals surface area contributed by atoms with Gasteiger partial charge in [0, 0.05) is 12.8 Å². The summed E-state index contributed by atoms with van der Waals surface area (Å²) >= 11 is 0. The van der Waals surface area contributed by atoms with Gasteiger partial charge in [0.05, 0.1) is 12.7 Å². The van der Waals surface area contributed by atoms with E-state index in [4.69, 9.17) is 4.74 Å². The van der Waals surface area contributed by atoms with Gasteiger partial charge in [-0.3, -0.25) is 4.79 Å². The summed E-state index contributed by atoms with van der Waals surface area (Å²) in [7, 11) is 1.51. The molecule has 1 atom stereocenters. The highest BCUT2D eigenvalue weighted by atomic mass is 16.5. The minimum Gasteiger partial charge on any atom is -0.504 e. The second-order valence-corrected chi connectivity index (χ2v) is 8.30. The summed E-state index contributed by atoms with van der Waals surface area (Å²) in [5.41, 5.74) is 0.0341. The molecular formula is C24H40O4. The van der Waals surface area contributed by atoms with E-state index in [-0.39, 0.29) is 18.0 Å². The van der Waals surface area contributed by atoms with Gasteiger partial charge in [0.25, 0.3) is 0 Å². The van der Waals surface area contributed by atoms with Gasteiger partial charge in [0.2, 0.25) is 0 Å². The van der Waals surface area contributed by atoms with Gasteiger partial charge < -0.3 is 14.9 Å². The lowest BCUT2D eigenvalue weighted by Crippen LogP contribution is -2.28. The number of hydrogen-bond donors (Lipinski definition) is 2. The standard InChI is InChI=1S/C24H40O4/c1-4-5-6-7-8-9-10-11-12-17-24(2,27)19-21(25)15-13-20-14-16-22(26)23(18-20)28-3/h14,16,18,26-27H,4-13,15,17,19H2,1-3H3. The zero-order chi connectivity index (χ0) is 20.8. The molecule has 1 aromatic carbocycles. The van der Waals surface area contributed by atoms with Gasteiger partial charge in [0.15, 0.2) is 11.5 Å². The number of phenols is 1. The Labute approximate surface area is 171 Å². The van der Waals surface area contributed by atoms with Gasteiger partial charge in [-0.05, 0) is 37.5 Å². The van der Waals surface area contributed by atoms with E-state index in [1.807, 2.05) is 0 Å². The lowest BCUT2D eigenvalue weighted by atomic mass is 9.90. The van der Waals surface area contributed by atoms with Crippen LogP contribution in [0.4, 0.5) is 0 Å². The van der Waals surface area contributed by atoms with Gasteiger partial charge >= 0.3 is 0 Å². The van der Waals surface area contributed by atoms with Crippen molar-refractivity contribution in [3.8, 4) is 11.5 Å². The van der Waals surface area contributed by atoms with Crippen LogP contribution in [0.25, 0.3) is 0 Å². The normalized spacial score (nSPS) is 13.3. The summed E-state index contributed by atoms with van der Waals surface area (Å²) in [6.45, 7) is 4.01. The third-order valence-electron chi connectivity index (χ3n) is 5.33. The van der Waals surface area contributed by atoms with Crippen molar-refractivity contribution in [2.75, 3.05) is 7.11 Å². The van der Waals surface area contributed by atoms with Crippen molar-refractivity contribution in [2.45, 2.75) is 103 Å². The minimum atomic E-state index is -0.912. The van der Waals surface area contributed by atoms with Crippen molar-refractivity contribution in [1.29, 1.82) is 0 Å². The fraction of sp³-hybridized carbons (Fsp3) is 0.708. The first-order valence-corrected chi connectivity index (χ1v) is 11.0. The molecule has 0 spiro atoms. The molecule has 0 aliphatic carbocycles. The van der Waals surface area contributed by atoms with Crippen LogP contribution < -0.4 is 4.74 Å². The molecule has 28 heavy (non-hydrogen) atoms. The fourth-order valence-electron chi connectivity index (χ4n) is 3.58. The highest BCUT2D eigenvalue weighted by Crippen LogP contribution is 2.27. The maximum Gasteiger partial charge on any atom is 0.160 e. The third-order valence-corrected chi connectivity index (χ3v) is 5.33. The maximum atomic E-state index is 12.3. The van der Waals surface area contributed by atoms with Crippen LogP contribution >= 0.6 is 0 Å². The number of aryl methyl sites for hydroxylation is 1. The zero-order valence-electron chi connectivity index (χ0n) is 18.1. The lowest BCUT2D eigenvalue weighted by molar-refractivity contribution is -0.123. The smallest absolute Gasteiger partial charge is 0.160 e. The number of carbonyl (C=O) groups is 1. The molecule has 0 aliphatic rings. The second-order valence-electron chi connectivity index (χ2n) is 8.30. The van der Waals surface area contributed by atoms with Crippen molar-refractivity contribution in [3.05, 3.63) is 23.8 Å². The number of phenolic OH excluding ortho intramolecular Hbond substituents is 1. The van der Waals surface area contributed by atoms with Crippen molar-refractivity contribution in [1.82, 2.24) is 0 Å². The van der Waals surface area contributed by atoms with Crippen LogP contribution in [0.5, 0.6) is 11.5 Å². The summed E-state index contributed by atoms with van der Waals surface area (Å²) in [4.78, 5) is 12.3. The molecule has 0 aliphatic heterocycles. The molecular weight excluding hydrogens is 352 g/mol. The summed E-state index contributed by atoms with van der Waals surface area (Å²) in [5, 5.41) is 20.2. The molecule has 4 nitrogen and oxygen atoms in total. The van der Waals surface area contributed by atoms with Crippen LogP contribution in [0.15, 0.2) is 18.2 Å². The number of ether oxygens (including phenoxy) is 1. The first-order chi connectivity index (χ1) is 13.4. The Bertz CT molecular complexity index is 566. The minimum absolute atomic E-state index is 0.0768. The van der Waals surface area contributed by atoms with Crippen LogP contribution in [0.1, 0.15) is 96.5 Å². The van der Waals surface area contributed by atoms with Gasteiger partial charge in [-0.15, -0.1) is 0 Å². The summed E-state index contributed by atoms with van der Waals surface area (Å²) < 4.78 is 5.09. The molecule has 0 heterocycles. The molecule has 1 aromatic rings. The van der Waals surface area contributed by atoms with E-state index in [9.17, 15) is 15.0 Å². The number of hydrogen-bond acceptors (Lipinski definition) is 4. The van der Waals surface area contributed by atoms with E-state index in [0.29, 0.717) is 25.0 Å². The summed E-state index contributed by atoms with van der Waals surface area (Å²) in [6.07, 6.45) is 13.1. The number of carbonyl (C=O) groups excluding carboxylic acids is 1. The predicted molar refractivity (Wildman–Crippen MR) is 115 cm³/mol. The highest BCUT2D eigenvalue weighted by Gasteiger charge is 2.23. The van der Waals surface area contributed by atoms with Crippen LogP contribution in [0, 0.1) is 0 Å². The Morgan fingerprint density at radius 1 is 1.04 bits per heavy atom. The van der Waals surface area contributed by atoms with E-state index in [1.165, 1.54) is 52.1 Å². The van der Waals surface area contributed by atoms with Crippen molar-refractivity contribution >= 4 is 5.78 Å². The molecule has 0 aromatic heterocycles. The van der Waals surface area contributed by atoms with Crippen LogP contribution in [0.2, 0.25) is 0 Å². The average Bonchev–Trinajstić information content (AvgIpc) is 2.65. The third kappa shape index (κ3) is 10.7. The van der Waals surface area contributed by atoms with Gasteiger partial charge in [0.1, 0.15) is 5.78 Å². The number of rotatable bonds is 16. The molecule has 0 radical (unpaired) electrons. The Balaban J connectivity index is 2.19. The molecule has 4 heteroatoms. The Morgan fingerprint density at radius 3 is 2.25 bits per heavy atom. The molecule has 0 saturated heterocycles. The molecule has 160 valence electrons. The van der Waals surface area contributed by atoms with Crippen LogP contribution in [0.3, 0.4) is 0 Å². The fourth-order valence-corrected chi connectivity index (χ4v) is 3.58. The molecule has 0 saturated carbocycles. The van der Waals surface area contributed by atoms with E-state index >= 15 is 0 Å². The van der Waals surface area contributed by atoms with E-state index in [1.54, 1.807) is 25.1 Å². The highest BCUT2D eigenvalue weighted by molar-refractivity contribution is 5.79. The van der Waals surface area contributed by atoms with E-state index < -0.39 is 5.60 Å². The molecule has 0 bridgehead atoms. The number of benzene rings is 1. The molecule has 1 rings (SSSR count).